The number of aliphatic hydroxyl groups is 1. The van der Waals surface area contributed by atoms with E-state index in [-0.39, 0.29) is 36.8 Å². The molecule has 4 atom stereocenters. The summed E-state index contributed by atoms with van der Waals surface area (Å²) in [5.74, 6) is -5.74. The minimum absolute atomic E-state index is 0.0587. The lowest BCUT2D eigenvalue weighted by molar-refractivity contribution is -0.176. The van der Waals surface area contributed by atoms with Crippen LogP contribution in [0.2, 0.25) is 0 Å². The number of hydrogen-bond acceptors (Lipinski definition) is 14. The SMILES string of the molecule is COc1ccnc(C(=O)N[C@H]2COC(=O)C(Cc3ccccc3)[C@@H](OC(=O)C(C)C)[C@H](C)OC2=O)c1OCOC(=O)COCCO. The van der Waals surface area contributed by atoms with Crippen LogP contribution in [0.1, 0.15) is 36.8 Å². The summed E-state index contributed by atoms with van der Waals surface area (Å²) < 4.78 is 37.3. The third-order valence-corrected chi connectivity index (χ3v) is 6.65. The number of carbonyl (C=O) groups excluding carboxylic acids is 5. The van der Waals surface area contributed by atoms with Gasteiger partial charge in [-0.05, 0) is 18.9 Å². The lowest BCUT2D eigenvalue weighted by Crippen LogP contribution is -2.47. The molecule has 0 bridgehead atoms. The Balaban J connectivity index is 1.80. The van der Waals surface area contributed by atoms with Gasteiger partial charge in [-0.25, -0.2) is 14.6 Å². The second kappa shape index (κ2) is 17.7. The number of aliphatic hydroxyl groups excluding tert-OH is 1. The molecule has 3 rings (SSSR count). The zero-order valence-corrected chi connectivity index (χ0v) is 26.0. The number of rotatable bonds is 14. The standard InChI is InChI=1S/C31H38N2O13/c1-18(2)29(37)46-26-19(3)45-31(39)22(15-42-30(38)21(26)14-20-8-6-5-7-9-20)33-28(36)25-27(23(40-4)10-11-32-25)44-17-43-24(35)16-41-13-12-34/h5-11,18-19,21-22,26,34H,12-17H2,1-4H3,(H,33,36)/t19-,21?,22-,26-/m0/s1. The lowest BCUT2D eigenvalue weighted by atomic mass is 9.91. The van der Waals surface area contributed by atoms with Crippen molar-refractivity contribution >= 4 is 29.8 Å². The van der Waals surface area contributed by atoms with E-state index < -0.39 is 79.9 Å². The number of nitrogens with one attached hydrogen (secondary N) is 1. The quantitative estimate of drug-likeness (QED) is 0.128. The third-order valence-electron chi connectivity index (χ3n) is 6.65. The molecule has 1 saturated heterocycles. The van der Waals surface area contributed by atoms with Crippen LogP contribution in [-0.2, 0) is 49.3 Å². The maximum Gasteiger partial charge on any atom is 0.334 e. The van der Waals surface area contributed by atoms with Crippen LogP contribution >= 0.6 is 0 Å². The molecule has 1 aromatic carbocycles. The van der Waals surface area contributed by atoms with Gasteiger partial charge in [0.15, 0.2) is 29.3 Å². The van der Waals surface area contributed by atoms with Crippen molar-refractivity contribution in [2.24, 2.45) is 11.8 Å². The average molecular weight is 647 g/mol. The van der Waals surface area contributed by atoms with E-state index >= 15 is 0 Å². The van der Waals surface area contributed by atoms with Gasteiger partial charge in [0.1, 0.15) is 25.2 Å². The number of pyridine rings is 1. The smallest absolute Gasteiger partial charge is 0.334 e. The molecule has 1 fully saturated rings. The number of nitrogens with zero attached hydrogens (tertiary/aromatic N) is 1. The molecule has 0 radical (unpaired) electrons. The molecule has 1 amide bonds. The van der Waals surface area contributed by atoms with Crippen LogP contribution in [0.5, 0.6) is 11.5 Å². The number of esters is 4. The van der Waals surface area contributed by atoms with Gasteiger partial charge in [0.25, 0.3) is 5.91 Å². The first-order valence-corrected chi connectivity index (χ1v) is 14.5. The summed E-state index contributed by atoms with van der Waals surface area (Å²) in [6.45, 7) is 2.72. The first kappa shape index (κ1) is 35.7. The zero-order valence-electron chi connectivity index (χ0n) is 26.0. The summed E-state index contributed by atoms with van der Waals surface area (Å²) >= 11 is 0. The summed E-state index contributed by atoms with van der Waals surface area (Å²) in [6.07, 6.45) is -0.904. The second-order valence-electron chi connectivity index (χ2n) is 10.4. The fourth-order valence-corrected chi connectivity index (χ4v) is 4.29. The van der Waals surface area contributed by atoms with E-state index in [4.69, 9.17) is 38.3 Å². The van der Waals surface area contributed by atoms with E-state index in [0.717, 1.165) is 5.56 Å². The lowest BCUT2D eigenvalue weighted by Gasteiger charge is -2.29. The number of hydrogen-bond donors (Lipinski definition) is 2. The molecular formula is C31H38N2O13. The van der Waals surface area contributed by atoms with Gasteiger partial charge < -0.3 is 43.6 Å². The third kappa shape index (κ3) is 10.1. The first-order chi connectivity index (χ1) is 22.0. The Kier molecular flexibility index (Phi) is 13.7. The van der Waals surface area contributed by atoms with Crippen LogP contribution in [0.15, 0.2) is 42.6 Å². The Hall–Kier alpha value is -4.76. The first-order valence-electron chi connectivity index (χ1n) is 14.5. The molecule has 46 heavy (non-hydrogen) atoms. The van der Waals surface area contributed by atoms with E-state index in [1.54, 1.807) is 38.1 Å². The molecule has 15 nitrogen and oxygen atoms in total. The molecule has 15 heteroatoms. The summed E-state index contributed by atoms with van der Waals surface area (Å²) in [6, 6.07) is 8.90. The predicted molar refractivity (Wildman–Crippen MR) is 156 cm³/mol. The van der Waals surface area contributed by atoms with Crippen molar-refractivity contribution in [3.05, 3.63) is 53.9 Å². The maximum absolute atomic E-state index is 13.4. The van der Waals surface area contributed by atoms with Crippen molar-refractivity contribution < 1.29 is 62.2 Å². The average Bonchev–Trinajstić information content (AvgIpc) is 3.07. The van der Waals surface area contributed by atoms with E-state index in [1.807, 2.05) is 6.07 Å². The monoisotopic (exact) mass is 646 g/mol. The maximum atomic E-state index is 13.4. The number of benzene rings is 1. The molecule has 1 aliphatic heterocycles. The highest BCUT2D eigenvalue weighted by Gasteiger charge is 2.42. The van der Waals surface area contributed by atoms with E-state index in [9.17, 15) is 24.0 Å². The molecule has 1 aromatic heterocycles. The molecule has 0 saturated carbocycles. The number of carbonyl (C=O) groups is 5. The van der Waals surface area contributed by atoms with Crippen molar-refractivity contribution in [2.75, 3.05) is 40.3 Å². The summed E-state index contributed by atoms with van der Waals surface area (Å²) in [4.78, 5) is 68.5. The number of aromatic nitrogens is 1. The van der Waals surface area contributed by atoms with Crippen molar-refractivity contribution in [3.63, 3.8) is 0 Å². The number of amides is 1. The van der Waals surface area contributed by atoms with Crippen LogP contribution in [-0.4, -0.2) is 98.5 Å². The minimum Gasteiger partial charge on any atom is -0.493 e. The molecule has 0 aliphatic carbocycles. The van der Waals surface area contributed by atoms with Crippen LogP contribution in [0.4, 0.5) is 0 Å². The molecule has 250 valence electrons. The van der Waals surface area contributed by atoms with Crippen LogP contribution < -0.4 is 14.8 Å². The van der Waals surface area contributed by atoms with Gasteiger partial charge in [-0.3, -0.25) is 14.4 Å². The van der Waals surface area contributed by atoms with Gasteiger partial charge >= 0.3 is 23.9 Å². The molecule has 1 aliphatic rings. The Morgan fingerprint density at radius 3 is 2.52 bits per heavy atom. The fraction of sp³-hybridized carbons (Fsp3) is 0.484. The van der Waals surface area contributed by atoms with Crippen LogP contribution in [0.3, 0.4) is 0 Å². The zero-order chi connectivity index (χ0) is 33.6. The Labute approximate surface area is 265 Å². The van der Waals surface area contributed by atoms with Gasteiger partial charge in [0.2, 0.25) is 6.79 Å². The van der Waals surface area contributed by atoms with Crippen molar-refractivity contribution in [2.45, 2.75) is 45.4 Å². The van der Waals surface area contributed by atoms with Gasteiger partial charge in [-0.2, -0.15) is 0 Å². The van der Waals surface area contributed by atoms with Crippen molar-refractivity contribution in [1.29, 1.82) is 0 Å². The largest absolute Gasteiger partial charge is 0.493 e. The van der Waals surface area contributed by atoms with Gasteiger partial charge in [0, 0.05) is 12.3 Å². The summed E-state index contributed by atoms with van der Waals surface area (Å²) in [5.41, 5.74) is 0.419. The number of methoxy groups -OCH3 is 1. The highest BCUT2D eigenvalue weighted by Crippen LogP contribution is 2.30. The number of ether oxygens (including phenoxy) is 7. The molecular weight excluding hydrogens is 608 g/mol. The van der Waals surface area contributed by atoms with Crippen molar-refractivity contribution in [3.8, 4) is 11.5 Å². The Bertz CT molecular complexity index is 1350. The highest BCUT2D eigenvalue weighted by atomic mass is 16.7. The molecule has 2 heterocycles. The predicted octanol–water partition coefficient (Wildman–Crippen LogP) is 0.992. The van der Waals surface area contributed by atoms with E-state index in [1.165, 1.54) is 26.3 Å². The molecule has 2 aromatic rings. The fourth-order valence-electron chi connectivity index (χ4n) is 4.29. The highest BCUT2D eigenvalue weighted by molar-refractivity contribution is 5.98. The second-order valence-corrected chi connectivity index (χ2v) is 10.4. The normalized spacial score (nSPS) is 19.9. The summed E-state index contributed by atoms with van der Waals surface area (Å²) in [7, 11) is 1.31. The molecule has 1 unspecified atom stereocenters. The van der Waals surface area contributed by atoms with Gasteiger partial charge in [0.05, 0.1) is 26.2 Å². The summed E-state index contributed by atoms with van der Waals surface area (Å²) in [5, 5.41) is 11.2. The topological polar surface area (TPSA) is 195 Å². The van der Waals surface area contributed by atoms with Crippen LogP contribution in [0.25, 0.3) is 0 Å². The molecule has 0 spiro atoms. The number of cyclic esters (lactones) is 2. The Morgan fingerprint density at radius 2 is 1.85 bits per heavy atom. The van der Waals surface area contributed by atoms with E-state index in [0.29, 0.717) is 0 Å². The van der Waals surface area contributed by atoms with E-state index in [2.05, 4.69) is 10.3 Å². The van der Waals surface area contributed by atoms with Crippen LogP contribution in [0, 0.1) is 11.8 Å². The van der Waals surface area contributed by atoms with Crippen molar-refractivity contribution in [1.82, 2.24) is 10.3 Å². The van der Waals surface area contributed by atoms with Gasteiger partial charge in [-0.1, -0.05) is 44.2 Å². The van der Waals surface area contributed by atoms with Gasteiger partial charge in [-0.15, -0.1) is 0 Å². The minimum atomic E-state index is -1.49. The Morgan fingerprint density at radius 1 is 1.11 bits per heavy atom. The molecule has 2 N–H and O–H groups in total.